The van der Waals surface area contributed by atoms with E-state index in [0.29, 0.717) is 22.9 Å². The van der Waals surface area contributed by atoms with Crippen LogP contribution >= 0.6 is 0 Å². The maximum Gasteiger partial charge on any atom is 0.287 e. The molecule has 0 aliphatic rings. The number of aromatic nitrogens is 5. The van der Waals surface area contributed by atoms with Gasteiger partial charge in [0, 0.05) is 23.7 Å². The molecular weight excluding hydrogens is 398 g/mol. The van der Waals surface area contributed by atoms with Crippen LogP contribution in [0.2, 0.25) is 0 Å². The molecule has 1 aromatic carbocycles. The van der Waals surface area contributed by atoms with Gasteiger partial charge < -0.3 is 11.1 Å². The zero-order valence-electron chi connectivity index (χ0n) is 16.6. The van der Waals surface area contributed by atoms with E-state index in [1.807, 2.05) is 24.3 Å². The van der Waals surface area contributed by atoms with Gasteiger partial charge in [0.2, 0.25) is 5.78 Å². The van der Waals surface area contributed by atoms with Crippen molar-refractivity contribution in [1.82, 2.24) is 30.0 Å². The minimum Gasteiger partial charge on any atom is -0.363 e. The van der Waals surface area contributed by atoms with Crippen molar-refractivity contribution in [2.24, 2.45) is 5.73 Å². The Balaban J connectivity index is 1.65. The lowest BCUT2D eigenvalue weighted by molar-refractivity contribution is -0.137. The number of aryl methyl sites for hydroxylation is 1. The first-order valence-electron chi connectivity index (χ1n) is 9.48. The van der Waals surface area contributed by atoms with Gasteiger partial charge >= 0.3 is 0 Å². The highest BCUT2D eigenvalue weighted by molar-refractivity contribution is 6.38. The molecule has 10 nitrogen and oxygen atoms in total. The Morgan fingerprint density at radius 3 is 2.65 bits per heavy atom. The summed E-state index contributed by atoms with van der Waals surface area (Å²) in [6.45, 7) is 1.73. The van der Waals surface area contributed by atoms with Crippen molar-refractivity contribution in [2.45, 2.75) is 19.4 Å². The second kappa shape index (κ2) is 8.19. The quantitative estimate of drug-likeness (QED) is 0.380. The number of carbonyl (C=O) groups excluding carboxylic acids is 3. The Hall–Kier alpha value is -4.34. The fourth-order valence-corrected chi connectivity index (χ4v) is 3.37. The van der Waals surface area contributed by atoms with Gasteiger partial charge in [0.05, 0.1) is 11.7 Å². The number of primary amides is 1. The van der Waals surface area contributed by atoms with E-state index in [4.69, 9.17) is 5.73 Å². The minimum absolute atomic E-state index is 0.0186. The fourth-order valence-electron chi connectivity index (χ4n) is 3.37. The highest BCUT2D eigenvalue weighted by Crippen LogP contribution is 2.18. The summed E-state index contributed by atoms with van der Waals surface area (Å²) < 4.78 is 1.56. The molecule has 0 aliphatic carbocycles. The lowest BCUT2D eigenvalue weighted by Crippen LogP contribution is -2.47. The van der Waals surface area contributed by atoms with E-state index in [1.165, 1.54) is 6.20 Å². The maximum atomic E-state index is 13.1. The molecule has 0 aliphatic heterocycles. The van der Waals surface area contributed by atoms with Crippen LogP contribution in [-0.4, -0.2) is 48.4 Å². The lowest BCUT2D eigenvalue weighted by Gasteiger charge is -2.16. The zero-order valence-corrected chi connectivity index (χ0v) is 16.6. The summed E-state index contributed by atoms with van der Waals surface area (Å²) in [5, 5.41) is 10.4. The number of benzene rings is 1. The predicted molar refractivity (Wildman–Crippen MR) is 111 cm³/mol. The third-order valence-corrected chi connectivity index (χ3v) is 4.86. The molecule has 4 aromatic rings. The molecule has 1 atom stereocenters. The number of amides is 2. The highest BCUT2D eigenvalue weighted by Gasteiger charge is 2.28. The summed E-state index contributed by atoms with van der Waals surface area (Å²) in [4.78, 5) is 45.6. The second-order valence-electron chi connectivity index (χ2n) is 6.89. The molecule has 3 heterocycles. The molecule has 10 heteroatoms. The number of para-hydroxylation sites is 1. The summed E-state index contributed by atoms with van der Waals surface area (Å²) in [6.07, 6.45) is 3.00. The van der Waals surface area contributed by atoms with E-state index in [0.717, 1.165) is 5.39 Å². The molecule has 0 spiro atoms. The number of nitrogens with zero attached hydrogens (tertiary/aromatic N) is 4. The number of nitrogens with two attached hydrogens (primary N) is 1. The second-order valence-corrected chi connectivity index (χ2v) is 6.89. The third-order valence-electron chi connectivity index (χ3n) is 4.86. The molecule has 0 saturated carbocycles. The first kappa shape index (κ1) is 20.0. The summed E-state index contributed by atoms with van der Waals surface area (Å²) in [6, 6.07) is 11.4. The van der Waals surface area contributed by atoms with E-state index in [1.54, 1.807) is 35.9 Å². The molecule has 3 aromatic heterocycles. The molecule has 31 heavy (non-hydrogen) atoms. The maximum absolute atomic E-state index is 13.1. The van der Waals surface area contributed by atoms with Crippen LogP contribution in [0.25, 0.3) is 16.7 Å². The first-order valence-corrected chi connectivity index (χ1v) is 9.48. The van der Waals surface area contributed by atoms with Crippen molar-refractivity contribution < 1.29 is 14.4 Å². The molecule has 4 rings (SSSR count). The van der Waals surface area contributed by atoms with Crippen LogP contribution in [0, 0.1) is 6.92 Å². The van der Waals surface area contributed by atoms with Gasteiger partial charge in [-0.3, -0.25) is 24.0 Å². The summed E-state index contributed by atoms with van der Waals surface area (Å²) in [7, 11) is 0. The number of aromatic amines is 1. The van der Waals surface area contributed by atoms with Crippen molar-refractivity contribution in [3.05, 3.63) is 72.1 Å². The molecule has 0 bridgehead atoms. The van der Waals surface area contributed by atoms with Gasteiger partial charge in [-0.2, -0.15) is 5.10 Å². The molecule has 2 amide bonds. The highest BCUT2D eigenvalue weighted by atomic mass is 16.2. The first-order chi connectivity index (χ1) is 15.0. The molecule has 1 unspecified atom stereocenters. The topological polar surface area (TPSA) is 149 Å². The average Bonchev–Trinajstić information content (AvgIpc) is 3.37. The number of Topliss-reactive ketones (excluding diaryl/α,β-unsaturated/α-hetero) is 1. The van der Waals surface area contributed by atoms with Gasteiger partial charge in [-0.05, 0) is 25.1 Å². The molecule has 156 valence electrons. The number of nitrogens with one attached hydrogen (secondary N) is 2. The number of hydrogen-bond acceptors (Lipinski definition) is 6. The van der Waals surface area contributed by atoms with Crippen LogP contribution in [0.4, 0.5) is 0 Å². The normalized spacial score (nSPS) is 11.9. The number of rotatable bonds is 7. The van der Waals surface area contributed by atoms with E-state index in [2.05, 4.69) is 25.5 Å². The van der Waals surface area contributed by atoms with E-state index < -0.39 is 23.6 Å². The average molecular weight is 417 g/mol. The Morgan fingerprint density at radius 1 is 1.13 bits per heavy atom. The molecule has 0 saturated heterocycles. The van der Waals surface area contributed by atoms with Gasteiger partial charge in [-0.15, -0.1) is 0 Å². The number of imidazole rings is 1. The van der Waals surface area contributed by atoms with Crippen molar-refractivity contribution >= 4 is 28.5 Å². The minimum atomic E-state index is -1.18. The Morgan fingerprint density at radius 2 is 1.90 bits per heavy atom. The number of carbonyl (C=O) groups is 3. The van der Waals surface area contributed by atoms with Crippen LogP contribution in [0.1, 0.15) is 22.0 Å². The molecule has 0 fully saturated rings. The Kier molecular flexibility index (Phi) is 5.27. The molecule has 0 radical (unpaired) electrons. The summed E-state index contributed by atoms with van der Waals surface area (Å²) >= 11 is 0. The Bertz CT molecular complexity index is 1280. The zero-order chi connectivity index (χ0) is 22.0. The lowest BCUT2D eigenvalue weighted by atomic mass is 10.0. The summed E-state index contributed by atoms with van der Waals surface area (Å²) in [5.74, 6) is -1.59. The van der Waals surface area contributed by atoms with E-state index in [9.17, 15) is 14.4 Å². The van der Waals surface area contributed by atoms with Crippen molar-refractivity contribution in [3.63, 3.8) is 0 Å². The van der Waals surface area contributed by atoms with Crippen LogP contribution in [-0.2, 0) is 16.0 Å². The number of hydrogen-bond donors (Lipinski definition) is 3. The van der Waals surface area contributed by atoms with Crippen LogP contribution in [0.5, 0.6) is 0 Å². The van der Waals surface area contributed by atoms with Gasteiger partial charge in [0.1, 0.15) is 23.4 Å². The van der Waals surface area contributed by atoms with Crippen LogP contribution in [0.3, 0.4) is 0 Å². The number of H-pyrrole nitrogens is 1. The summed E-state index contributed by atoms with van der Waals surface area (Å²) in [5.41, 5.74) is 6.71. The standard InChI is InChI=1S/C21H19N7O3/c1-12-24-11-17(28(12)18-8-4-5-9-23-18)21(31)25-16(19(29)20(22)30)10-15-13-6-2-3-7-14(13)26-27-15/h2-9,11,16H,10H2,1H3,(H2,22,30)(H,25,31)(H,26,27). The monoisotopic (exact) mass is 417 g/mol. The number of pyridine rings is 1. The van der Waals surface area contributed by atoms with Crippen molar-refractivity contribution in [1.29, 1.82) is 0 Å². The molecular formula is C21H19N7O3. The van der Waals surface area contributed by atoms with Crippen molar-refractivity contribution in [3.8, 4) is 5.82 Å². The number of fused-ring (bicyclic) bond motifs is 1. The fraction of sp³-hybridized carbons (Fsp3) is 0.143. The van der Waals surface area contributed by atoms with E-state index in [-0.39, 0.29) is 12.1 Å². The van der Waals surface area contributed by atoms with Crippen LogP contribution < -0.4 is 11.1 Å². The smallest absolute Gasteiger partial charge is 0.287 e. The third kappa shape index (κ3) is 3.90. The predicted octanol–water partition coefficient (Wildman–Crippen LogP) is 0.848. The Labute approximate surface area is 176 Å². The van der Waals surface area contributed by atoms with Gasteiger partial charge in [0.25, 0.3) is 11.8 Å². The van der Waals surface area contributed by atoms with Gasteiger partial charge in [-0.25, -0.2) is 9.97 Å². The van der Waals surface area contributed by atoms with E-state index >= 15 is 0 Å². The SMILES string of the molecule is Cc1ncc(C(=O)NC(Cc2[nH]nc3ccccc23)C(=O)C(N)=O)n1-c1ccccn1. The largest absolute Gasteiger partial charge is 0.363 e. The van der Waals surface area contributed by atoms with Gasteiger partial charge in [0.15, 0.2) is 0 Å². The van der Waals surface area contributed by atoms with Crippen LogP contribution in [0.15, 0.2) is 54.9 Å². The number of ketones is 1. The van der Waals surface area contributed by atoms with Gasteiger partial charge in [-0.1, -0.05) is 24.3 Å². The molecule has 4 N–H and O–H groups in total. The van der Waals surface area contributed by atoms with Crippen molar-refractivity contribution in [2.75, 3.05) is 0 Å².